The molecule has 1 aromatic carbocycles. The van der Waals surface area contributed by atoms with Gasteiger partial charge in [-0.3, -0.25) is 0 Å². The van der Waals surface area contributed by atoms with E-state index in [1.807, 2.05) is 0 Å². The van der Waals surface area contributed by atoms with Crippen LogP contribution in [-0.2, 0) is 17.8 Å². The molecule has 1 fully saturated rings. The van der Waals surface area contributed by atoms with E-state index in [-0.39, 0.29) is 18.6 Å². The minimum absolute atomic E-state index is 0.180. The zero-order chi connectivity index (χ0) is 17.3. The molecule has 1 heterocycles. The quantitative estimate of drug-likeness (QED) is 0.821. The molecular weight excluding hydrogens is 324 g/mol. The summed E-state index contributed by atoms with van der Waals surface area (Å²) >= 11 is 0. The van der Waals surface area contributed by atoms with Gasteiger partial charge < -0.3 is 10.4 Å². The number of piperidine rings is 1. The first kappa shape index (κ1) is 18.1. The van der Waals surface area contributed by atoms with Gasteiger partial charge in [-0.25, -0.2) is 0 Å². The third-order valence-corrected chi connectivity index (χ3v) is 4.31. The molecule has 0 aliphatic carbocycles. The minimum atomic E-state index is -5.09. The summed E-state index contributed by atoms with van der Waals surface area (Å²) < 4.78 is 77.7. The smallest absolute Gasteiger partial charge is 0.396 e. The molecule has 1 atom stereocenters. The Morgan fingerprint density at radius 2 is 1.70 bits per heavy atom. The number of halogens is 6. The molecule has 1 aromatic rings. The van der Waals surface area contributed by atoms with Gasteiger partial charge in [0.2, 0.25) is 0 Å². The molecule has 0 saturated carbocycles. The maximum atomic E-state index is 13.1. The first-order chi connectivity index (χ1) is 10.6. The lowest BCUT2D eigenvalue weighted by Crippen LogP contribution is -2.44. The maximum Gasteiger partial charge on any atom is 0.417 e. The molecule has 130 valence electrons. The normalized spacial score (nSPS) is 23.1. The van der Waals surface area contributed by atoms with Crippen molar-refractivity contribution in [2.75, 3.05) is 19.7 Å². The highest BCUT2D eigenvalue weighted by molar-refractivity contribution is 5.40. The van der Waals surface area contributed by atoms with Crippen molar-refractivity contribution in [3.05, 3.63) is 34.9 Å². The summed E-state index contributed by atoms with van der Waals surface area (Å²) in [7, 11) is 0. The summed E-state index contributed by atoms with van der Waals surface area (Å²) in [5, 5.41) is 12.3. The summed E-state index contributed by atoms with van der Waals surface area (Å²) in [6, 6.07) is 2.18. The predicted octanol–water partition coefficient (Wildman–Crippen LogP) is 3.73. The van der Waals surface area contributed by atoms with E-state index in [0.717, 1.165) is 6.07 Å². The first-order valence-corrected chi connectivity index (χ1v) is 7.21. The Morgan fingerprint density at radius 1 is 1.04 bits per heavy atom. The van der Waals surface area contributed by atoms with Crippen molar-refractivity contribution >= 4 is 0 Å². The van der Waals surface area contributed by atoms with Gasteiger partial charge in [-0.15, -0.1) is 0 Å². The van der Waals surface area contributed by atoms with E-state index in [4.69, 9.17) is 0 Å². The van der Waals surface area contributed by atoms with Gasteiger partial charge in [0.1, 0.15) is 0 Å². The summed E-state index contributed by atoms with van der Waals surface area (Å²) in [6.45, 7) is 0.778. The molecule has 1 aliphatic heterocycles. The van der Waals surface area contributed by atoms with Crippen molar-refractivity contribution in [2.24, 2.45) is 0 Å². The molecule has 8 heteroatoms. The molecule has 2 N–H and O–H groups in total. The topological polar surface area (TPSA) is 32.3 Å². The summed E-state index contributed by atoms with van der Waals surface area (Å²) in [4.78, 5) is 0. The molecule has 1 unspecified atom stereocenters. The van der Waals surface area contributed by atoms with E-state index >= 15 is 0 Å². The van der Waals surface area contributed by atoms with Crippen LogP contribution in [0.5, 0.6) is 0 Å². The third-order valence-electron chi connectivity index (χ3n) is 4.31. The average Bonchev–Trinajstić information content (AvgIpc) is 2.46. The highest BCUT2D eigenvalue weighted by Crippen LogP contribution is 2.43. The van der Waals surface area contributed by atoms with Gasteiger partial charge in [0, 0.05) is 18.6 Å². The van der Waals surface area contributed by atoms with Gasteiger partial charge in [-0.2, -0.15) is 26.3 Å². The summed E-state index contributed by atoms with van der Waals surface area (Å²) in [5.74, 6) is 0. The Bertz CT molecular complexity index is 540. The molecule has 0 bridgehead atoms. The second kappa shape index (κ2) is 6.32. The molecule has 0 amide bonds. The number of alkyl halides is 6. The highest BCUT2D eigenvalue weighted by atomic mass is 19.4. The molecule has 1 aliphatic rings. The lowest BCUT2D eigenvalue weighted by molar-refractivity contribution is -0.162. The number of benzene rings is 1. The van der Waals surface area contributed by atoms with Crippen LogP contribution in [-0.4, -0.2) is 24.8 Å². The van der Waals surface area contributed by atoms with Crippen molar-refractivity contribution in [3.63, 3.8) is 0 Å². The molecule has 23 heavy (non-hydrogen) atoms. The number of hydrogen-bond donors (Lipinski definition) is 2. The van der Waals surface area contributed by atoms with Crippen LogP contribution in [0.15, 0.2) is 18.2 Å². The van der Waals surface area contributed by atoms with Gasteiger partial charge in [-0.05, 0) is 43.5 Å². The van der Waals surface area contributed by atoms with Crippen molar-refractivity contribution < 1.29 is 31.4 Å². The van der Waals surface area contributed by atoms with E-state index < -0.39 is 28.9 Å². The van der Waals surface area contributed by atoms with Crippen molar-refractivity contribution in [2.45, 2.75) is 37.0 Å². The van der Waals surface area contributed by atoms with Gasteiger partial charge in [0.25, 0.3) is 0 Å². The lowest BCUT2D eigenvalue weighted by atomic mass is 9.72. The first-order valence-electron chi connectivity index (χ1n) is 7.21. The van der Waals surface area contributed by atoms with Crippen LogP contribution in [0.3, 0.4) is 0 Å². The monoisotopic (exact) mass is 341 g/mol. The largest absolute Gasteiger partial charge is 0.417 e. The molecule has 0 radical (unpaired) electrons. The fourth-order valence-electron chi connectivity index (χ4n) is 3.14. The Hall–Kier alpha value is -1.28. The standard InChI is InChI=1S/C15H17F6NO/c16-14(17,18)11-3-2-10(8-12(11)15(19,20)21)13(5-7-23)4-1-6-22-9-13/h2-3,8,22-23H,1,4-7,9H2. The fourth-order valence-corrected chi connectivity index (χ4v) is 3.14. The number of nitrogens with one attached hydrogen (secondary N) is 1. The van der Waals surface area contributed by atoms with Crippen molar-refractivity contribution in [3.8, 4) is 0 Å². The van der Waals surface area contributed by atoms with Crippen LogP contribution in [0.4, 0.5) is 26.3 Å². The summed E-state index contributed by atoms with van der Waals surface area (Å²) in [6.07, 6.45) is -8.77. The Labute approximate surface area is 129 Å². The minimum Gasteiger partial charge on any atom is -0.396 e. The maximum absolute atomic E-state index is 13.1. The van der Waals surface area contributed by atoms with E-state index in [2.05, 4.69) is 5.32 Å². The van der Waals surface area contributed by atoms with Crippen molar-refractivity contribution in [1.29, 1.82) is 0 Å². The van der Waals surface area contributed by atoms with Crippen molar-refractivity contribution in [1.82, 2.24) is 5.32 Å². The van der Waals surface area contributed by atoms with E-state index in [0.29, 0.717) is 38.1 Å². The molecule has 0 spiro atoms. The Morgan fingerprint density at radius 3 is 2.17 bits per heavy atom. The summed E-state index contributed by atoms with van der Waals surface area (Å²) in [5.41, 5.74) is -3.96. The van der Waals surface area contributed by atoms with E-state index in [9.17, 15) is 31.4 Å². The van der Waals surface area contributed by atoms with E-state index in [1.165, 1.54) is 0 Å². The molecule has 2 rings (SSSR count). The van der Waals surface area contributed by atoms with Crippen LogP contribution in [0, 0.1) is 0 Å². The SMILES string of the molecule is OCCC1(c2ccc(C(F)(F)F)c(C(F)(F)F)c2)CCCNC1. The number of aliphatic hydroxyl groups is 1. The Kier molecular flexibility index (Phi) is 4.96. The van der Waals surface area contributed by atoms with Gasteiger partial charge in [0.15, 0.2) is 0 Å². The van der Waals surface area contributed by atoms with Crippen LogP contribution >= 0.6 is 0 Å². The lowest BCUT2D eigenvalue weighted by Gasteiger charge is -2.38. The van der Waals surface area contributed by atoms with E-state index in [1.54, 1.807) is 0 Å². The number of rotatable bonds is 3. The van der Waals surface area contributed by atoms with Gasteiger partial charge >= 0.3 is 12.4 Å². The molecule has 2 nitrogen and oxygen atoms in total. The van der Waals surface area contributed by atoms with Gasteiger partial charge in [0.05, 0.1) is 11.1 Å². The zero-order valence-corrected chi connectivity index (χ0v) is 12.2. The zero-order valence-electron chi connectivity index (χ0n) is 12.2. The van der Waals surface area contributed by atoms with Crippen LogP contribution in [0.25, 0.3) is 0 Å². The van der Waals surface area contributed by atoms with Crippen LogP contribution in [0.2, 0.25) is 0 Å². The molecule has 1 saturated heterocycles. The molecule has 0 aromatic heterocycles. The van der Waals surface area contributed by atoms with Crippen LogP contribution < -0.4 is 5.32 Å². The second-order valence-corrected chi connectivity index (χ2v) is 5.79. The highest BCUT2D eigenvalue weighted by Gasteiger charge is 2.44. The Balaban J connectivity index is 2.55. The van der Waals surface area contributed by atoms with Gasteiger partial charge in [-0.1, -0.05) is 6.07 Å². The predicted molar refractivity (Wildman–Crippen MR) is 71.9 cm³/mol. The number of aliphatic hydroxyl groups excluding tert-OH is 1. The fraction of sp³-hybridized carbons (Fsp3) is 0.600. The molecular formula is C15H17F6NO. The second-order valence-electron chi connectivity index (χ2n) is 5.79. The number of hydrogen-bond acceptors (Lipinski definition) is 2. The third kappa shape index (κ3) is 3.80. The average molecular weight is 341 g/mol. The van der Waals surface area contributed by atoms with Crippen LogP contribution in [0.1, 0.15) is 36.0 Å².